The van der Waals surface area contributed by atoms with Crippen LogP contribution < -0.4 is 10.6 Å². The second-order valence-electron chi connectivity index (χ2n) is 4.86. The summed E-state index contributed by atoms with van der Waals surface area (Å²) in [6, 6.07) is 3.89. The lowest BCUT2D eigenvalue weighted by molar-refractivity contribution is -0.384. The number of rotatable bonds is 5. The SMILES string of the molecule is Cl.O=C(NCCC1CCNC1)c1cc(Cl)cc([N+](=O)[O-])c1. The van der Waals surface area contributed by atoms with Gasteiger partial charge >= 0.3 is 0 Å². The minimum atomic E-state index is -0.563. The summed E-state index contributed by atoms with van der Waals surface area (Å²) in [5.74, 6) is 0.255. The maximum Gasteiger partial charge on any atom is 0.271 e. The summed E-state index contributed by atoms with van der Waals surface area (Å²) in [6.45, 7) is 2.57. The van der Waals surface area contributed by atoms with Gasteiger partial charge in [0.25, 0.3) is 11.6 Å². The summed E-state index contributed by atoms with van der Waals surface area (Å²) < 4.78 is 0. The summed E-state index contributed by atoms with van der Waals surface area (Å²) in [5, 5.41) is 16.9. The molecule has 0 radical (unpaired) electrons. The maximum absolute atomic E-state index is 11.9. The molecule has 2 N–H and O–H groups in total. The molecule has 116 valence electrons. The van der Waals surface area contributed by atoms with Crippen molar-refractivity contribution in [2.24, 2.45) is 5.92 Å². The highest BCUT2D eigenvalue weighted by Gasteiger charge is 2.16. The fourth-order valence-electron chi connectivity index (χ4n) is 2.26. The van der Waals surface area contributed by atoms with E-state index in [4.69, 9.17) is 11.6 Å². The lowest BCUT2D eigenvalue weighted by Gasteiger charge is -2.09. The highest BCUT2D eigenvalue weighted by atomic mass is 35.5. The van der Waals surface area contributed by atoms with Crippen LogP contribution in [-0.2, 0) is 0 Å². The Labute approximate surface area is 133 Å². The third-order valence-corrected chi connectivity index (χ3v) is 3.57. The highest BCUT2D eigenvalue weighted by Crippen LogP contribution is 2.21. The van der Waals surface area contributed by atoms with Crippen LogP contribution in [-0.4, -0.2) is 30.5 Å². The van der Waals surface area contributed by atoms with Gasteiger partial charge in [-0.15, -0.1) is 12.4 Å². The number of non-ortho nitro benzene ring substituents is 1. The van der Waals surface area contributed by atoms with Crippen molar-refractivity contribution in [2.75, 3.05) is 19.6 Å². The van der Waals surface area contributed by atoms with E-state index in [2.05, 4.69) is 10.6 Å². The van der Waals surface area contributed by atoms with Crippen molar-refractivity contribution in [3.63, 3.8) is 0 Å². The Morgan fingerprint density at radius 2 is 2.24 bits per heavy atom. The van der Waals surface area contributed by atoms with E-state index in [0.29, 0.717) is 12.5 Å². The minimum absolute atomic E-state index is 0. The molecule has 1 saturated heterocycles. The van der Waals surface area contributed by atoms with E-state index in [1.807, 2.05) is 0 Å². The van der Waals surface area contributed by atoms with Crippen molar-refractivity contribution < 1.29 is 9.72 Å². The summed E-state index contributed by atoms with van der Waals surface area (Å²) in [7, 11) is 0. The highest BCUT2D eigenvalue weighted by molar-refractivity contribution is 6.31. The summed E-state index contributed by atoms with van der Waals surface area (Å²) in [6.07, 6.45) is 2.03. The number of hydrogen-bond donors (Lipinski definition) is 2. The first kappa shape index (κ1) is 17.7. The Bertz CT molecular complexity index is 519. The number of hydrogen-bond acceptors (Lipinski definition) is 4. The minimum Gasteiger partial charge on any atom is -0.352 e. The molecule has 0 aromatic heterocycles. The summed E-state index contributed by atoms with van der Waals surface area (Å²) >= 11 is 5.78. The molecule has 1 heterocycles. The van der Waals surface area contributed by atoms with E-state index < -0.39 is 4.92 Å². The molecular formula is C13H17Cl2N3O3. The topological polar surface area (TPSA) is 84.3 Å². The predicted molar refractivity (Wildman–Crippen MR) is 83.3 cm³/mol. The van der Waals surface area contributed by atoms with E-state index in [0.717, 1.165) is 25.9 Å². The third kappa shape index (κ3) is 5.15. The number of benzene rings is 1. The fraction of sp³-hybridized carbons (Fsp3) is 0.462. The molecule has 0 bridgehead atoms. The van der Waals surface area contributed by atoms with Crippen molar-refractivity contribution in [2.45, 2.75) is 12.8 Å². The molecule has 21 heavy (non-hydrogen) atoms. The lowest BCUT2D eigenvalue weighted by atomic mass is 10.1. The van der Waals surface area contributed by atoms with Gasteiger partial charge < -0.3 is 10.6 Å². The van der Waals surface area contributed by atoms with Gasteiger partial charge in [-0.2, -0.15) is 0 Å². The molecule has 1 fully saturated rings. The van der Waals surface area contributed by atoms with Crippen LogP contribution >= 0.6 is 24.0 Å². The molecule has 8 heteroatoms. The van der Waals surface area contributed by atoms with Crippen LogP contribution in [0.3, 0.4) is 0 Å². The average molecular weight is 334 g/mol. The predicted octanol–water partition coefficient (Wildman–Crippen LogP) is 2.40. The standard InChI is InChI=1S/C13H16ClN3O3.ClH/c14-11-5-10(6-12(7-11)17(19)20)13(18)16-4-2-9-1-3-15-8-9;/h5-7,9,15H,1-4,8H2,(H,16,18);1H. The lowest BCUT2D eigenvalue weighted by Crippen LogP contribution is -2.26. The van der Waals surface area contributed by atoms with Crippen molar-refractivity contribution in [3.8, 4) is 0 Å². The van der Waals surface area contributed by atoms with Gasteiger partial charge in [0.05, 0.1) is 4.92 Å². The largest absolute Gasteiger partial charge is 0.352 e. The maximum atomic E-state index is 11.9. The Morgan fingerprint density at radius 1 is 1.48 bits per heavy atom. The molecule has 1 aliphatic heterocycles. The molecule has 1 aromatic rings. The van der Waals surface area contributed by atoms with Gasteiger partial charge in [-0.3, -0.25) is 14.9 Å². The number of carbonyl (C=O) groups is 1. The van der Waals surface area contributed by atoms with Crippen LogP contribution in [0.15, 0.2) is 18.2 Å². The molecule has 2 rings (SSSR count). The van der Waals surface area contributed by atoms with Crippen molar-refractivity contribution in [1.82, 2.24) is 10.6 Å². The van der Waals surface area contributed by atoms with Crippen LogP contribution in [0, 0.1) is 16.0 Å². The van der Waals surface area contributed by atoms with Gasteiger partial charge in [-0.25, -0.2) is 0 Å². The van der Waals surface area contributed by atoms with Crippen molar-refractivity contribution >= 4 is 35.6 Å². The van der Waals surface area contributed by atoms with Crippen LogP contribution in [0.1, 0.15) is 23.2 Å². The number of nitrogens with one attached hydrogen (secondary N) is 2. The molecular weight excluding hydrogens is 317 g/mol. The van der Waals surface area contributed by atoms with E-state index in [9.17, 15) is 14.9 Å². The van der Waals surface area contributed by atoms with Crippen LogP contribution in [0.5, 0.6) is 0 Å². The molecule has 1 aromatic carbocycles. The Balaban J connectivity index is 0.00000220. The van der Waals surface area contributed by atoms with Gasteiger partial charge in [0, 0.05) is 29.3 Å². The monoisotopic (exact) mass is 333 g/mol. The molecule has 6 nitrogen and oxygen atoms in total. The number of halogens is 2. The van der Waals surface area contributed by atoms with Crippen LogP contribution in [0.4, 0.5) is 5.69 Å². The smallest absolute Gasteiger partial charge is 0.271 e. The van der Waals surface area contributed by atoms with Crippen molar-refractivity contribution in [1.29, 1.82) is 0 Å². The van der Waals surface area contributed by atoms with Gasteiger partial charge in [0.1, 0.15) is 0 Å². The third-order valence-electron chi connectivity index (χ3n) is 3.36. The Hall–Kier alpha value is -1.37. The van der Waals surface area contributed by atoms with Gasteiger partial charge in [0.15, 0.2) is 0 Å². The molecule has 1 atom stereocenters. The molecule has 0 spiro atoms. The first-order valence-electron chi connectivity index (χ1n) is 6.50. The van der Waals surface area contributed by atoms with Crippen molar-refractivity contribution in [3.05, 3.63) is 38.9 Å². The van der Waals surface area contributed by atoms with Crippen LogP contribution in [0.2, 0.25) is 5.02 Å². The number of nitro benzene ring substituents is 1. The van der Waals surface area contributed by atoms with E-state index in [1.165, 1.54) is 18.2 Å². The molecule has 0 aliphatic carbocycles. The molecule has 1 aliphatic rings. The number of amides is 1. The zero-order valence-electron chi connectivity index (χ0n) is 11.3. The van der Waals surface area contributed by atoms with Crippen LogP contribution in [0.25, 0.3) is 0 Å². The van der Waals surface area contributed by atoms with Gasteiger partial charge in [-0.05, 0) is 37.9 Å². The Morgan fingerprint density at radius 3 is 2.86 bits per heavy atom. The number of carbonyl (C=O) groups excluding carboxylic acids is 1. The quantitative estimate of drug-likeness (QED) is 0.640. The second-order valence-corrected chi connectivity index (χ2v) is 5.30. The van der Waals surface area contributed by atoms with E-state index in [1.54, 1.807) is 0 Å². The first-order chi connectivity index (χ1) is 9.56. The van der Waals surface area contributed by atoms with E-state index in [-0.39, 0.29) is 34.6 Å². The molecule has 0 saturated carbocycles. The normalized spacial score (nSPS) is 17.1. The zero-order valence-corrected chi connectivity index (χ0v) is 12.9. The first-order valence-corrected chi connectivity index (χ1v) is 6.88. The summed E-state index contributed by atoms with van der Waals surface area (Å²) in [5.41, 5.74) is 0.0383. The summed E-state index contributed by atoms with van der Waals surface area (Å²) in [4.78, 5) is 22.1. The fourth-order valence-corrected chi connectivity index (χ4v) is 2.49. The van der Waals surface area contributed by atoms with Gasteiger partial charge in [0.2, 0.25) is 0 Å². The van der Waals surface area contributed by atoms with Gasteiger partial charge in [-0.1, -0.05) is 11.6 Å². The number of nitro groups is 1. The molecule has 1 unspecified atom stereocenters. The van der Waals surface area contributed by atoms with E-state index >= 15 is 0 Å². The second kappa shape index (κ2) is 8.17. The average Bonchev–Trinajstić information content (AvgIpc) is 2.91. The zero-order chi connectivity index (χ0) is 14.5. The Kier molecular flexibility index (Phi) is 6.87. The molecule has 1 amide bonds. The number of nitrogens with zero attached hydrogens (tertiary/aromatic N) is 1.